The zero-order chi connectivity index (χ0) is 20.1. The smallest absolute Gasteiger partial charge is 0.293 e. The molecule has 3 atom stereocenters. The first-order chi connectivity index (χ1) is 14.0. The van der Waals surface area contributed by atoms with Gasteiger partial charge >= 0.3 is 0 Å². The van der Waals surface area contributed by atoms with Gasteiger partial charge in [0.05, 0.1) is 11.4 Å². The molecule has 0 unspecified atom stereocenters. The SMILES string of the molecule is CC(=O)N1C[C@H]2CN(C(=O)c3onc4ncccc34)C[C@H]2[C@@H]1c1cccc(F)c1. The third-order valence-electron chi connectivity index (χ3n) is 5.99. The van der Waals surface area contributed by atoms with Crippen molar-refractivity contribution in [3.63, 3.8) is 0 Å². The number of hydrogen-bond donors (Lipinski definition) is 0. The predicted molar refractivity (Wildman–Crippen MR) is 101 cm³/mol. The van der Waals surface area contributed by atoms with Gasteiger partial charge in [0.25, 0.3) is 5.91 Å². The lowest BCUT2D eigenvalue weighted by Gasteiger charge is -2.29. The van der Waals surface area contributed by atoms with E-state index in [1.54, 1.807) is 34.2 Å². The molecule has 5 rings (SSSR count). The van der Waals surface area contributed by atoms with Gasteiger partial charge in [-0.05, 0) is 29.8 Å². The lowest BCUT2D eigenvalue weighted by Crippen LogP contribution is -2.36. The Morgan fingerprint density at radius 2 is 2.03 bits per heavy atom. The molecule has 29 heavy (non-hydrogen) atoms. The summed E-state index contributed by atoms with van der Waals surface area (Å²) in [5.74, 6) is -0.263. The van der Waals surface area contributed by atoms with Crippen molar-refractivity contribution in [2.75, 3.05) is 19.6 Å². The van der Waals surface area contributed by atoms with Gasteiger partial charge in [0, 0.05) is 44.6 Å². The van der Waals surface area contributed by atoms with Crippen molar-refractivity contribution in [3.05, 3.63) is 59.7 Å². The summed E-state index contributed by atoms with van der Waals surface area (Å²) in [7, 11) is 0. The highest BCUT2D eigenvalue weighted by Crippen LogP contribution is 2.45. The zero-order valence-electron chi connectivity index (χ0n) is 15.8. The van der Waals surface area contributed by atoms with Crippen LogP contribution in [0.15, 0.2) is 47.1 Å². The third-order valence-corrected chi connectivity index (χ3v) is 5.99. The highest BCUT2D eigenvalue weighted by molar-refractivity contribution is 6.02. The molecule has 0 spiro atoms. The van der Waals surface area contributed by atoms with Crippen LogP contribution in [0.2, 0.25) is 0 Å². The number of hydrogen-bond acceptors (Lipinski definition) is 5. The van der Waals surface area contributed by atoms with Crippen LogP contribution in [0.3, 0.4) is 0 Å². The minimum Gasteiger partial charge on any atom is -0.348 e. The quantitative estimate of drug-likeness (QED) is 0.668. The van der Waals surface area contributed by atoms with Crippen molar-refractivity contribution < 1.29 is 18.5 Å². The first-order valence-electron chi connectivity index (χ1n) is 9.55. The minimum absolute atomic E-state index is 0.0389. The second kappa shape index (κ2) is 6.65. The number of carbonyl (C=O) groups is 2. The molecular weight excluding hydrogens is 375 g/mol. The molecule has 4 heterocycles. The van der Waals surface area contributed by atoms with Crippen LogP contribution in [-0.4, -0.2) is 51.4 Å². The van der Waals surface area contributed by atoms with Gasteiger partial charge in [-0.1, -0.05) is 17.3 Å². The minimum atomic E-state index is -0.332. The largest absolute Gasteiger partial charge is 0.348 e. The van der Waals surface area contributed by atoms with Crippen molar-refractivity contribution in [1.82, 2.24) is 19.9 Å². The van der Waals surface area contributed by atoms with Crippen LogP contribution >= 0.6 is 0 Å². The first-order valence-corrected chi connectivity index (χ1v) is 9.55. The molecule has 3 aromatic rings. The number of pyridine rings is 1. The van der Waals surface area contributed by atoms with Gasteiger partial charge < -0.3 is 14.3 Å². The lowest BCUT2D eigenvalue weighted by atomic mass is 9.89. The second-order valence-corrected chi connectivity index (χ2v) is 7.69. The maximum absolute atomic E-state index is 13.8. The van der Waals surface area contributed by atoms with E-state index in [1.165, 1.54) is 19.1 Å². The first kappa shape index (κ1) is 17.8. The normalized spacial score (nSPS) is 23.6. The summed E-state index contributed by atoms with van der Waals surface area (Å²) in [6, 6.07) is 9.60. The van der Waals surface area contributed by atoms with E-state index in [-0.39, 0.29) is 41.3 Å². The predicted octanol–water partition coefficient (Wildman–Crippen LogP) is 2.65. The van der Waals surface area contributed by atoms with Gasteiger partial charge in [-0.15, -0.1) is 0 Å². The Labute approximate surface area is 166 Å². The Morgan fingerprint density at radius 3 is 2.83 bits per heavy atom. The summed E-state index contributed by atoms with van der Waals surface area (Å²) in [4.78, 5) is 32.9. The van der Waals surface area contributed by atoms with E-state index in [0.717, 1.165) is 5.56 Å². The molecule has 2 aliphatic heterocycles. The Kier molecular flexibility index (Phi) is 4.08. The fraction of sp³-hybridized carbons (Fsp3) is 0.333. The summed E-state index contributed by atoms with van der Waals surface area (Å²) < 4.78 is 19.1. The van der Waals surface area contributed by atoms with Crippen LogP contribution in [0, 0.1) is 17.7 Å². The van der Waals surface area contributed by atoms with Gasteiger partial charge in [-0.3, -0.25) is 9.59 Å². The van der Waals surface area contributed by atoms with Crippen LogP contribution < -0.4 is 0 Å². The van der Waals surface area contributed by atoms with E-state index in [1.807, 2.05) is 6.07 Å². The molecule has 2 aliphatic rings. The molecule has 148 valence electrons. The van der Waals surface area contributed by atoms with E-state index in [0.29, 0.717) is 30.7 Å². The second-order valence-electron chi connectivity index (χ2n) is 7.69. The lowest BCUT2D eigenvalue weighted by molar-refractivity contribution is -0.130. The molecule has 1 aromatic carbocycles. The topological polar surface area (TPSA) is 79.5 Å². The summed E-state index contributed by atoms with van der Waals surface area (Å²) in [5, 5.41) is 4.45. The number of aromatic nitrogens is 2. The average Bonchev–Trinajstić information content (AvgIpc) is 3.39. The Bertz CT molecular complexity index is 1110. The standard InChI is InChI=1S/C21H19FN4O3/c1-12(27)26-10-14-9-25(11-17(14)18(26)13-4-2-5-15(22)8-13)21(28)19-16-6-3-7-23-20(16)24-29-19/h2-8,14,17-18H,9-11H2,1H3/t14-,17-,18+/m1/s1. The van der Waals surface area contributed by atoms with Gasteiger partial charge in [-0.25, -0.2) is 9.37 Å². The van der Waals surface area contributed by atoms with Crippen LogP contribution in [-0.2, 0) is 4.79 Å². The summed E-state index contributed by atoms with van der Waals surface area (Å²) in [5.41, 5.74) is 1.16. The molecular formula is C21H19FN4O3. The van der Waals surface area contributed by atoms with E-state index in [9.17, 15) is 14.0 Å². The average molecular weight is 394 g/mol. The van der Waals surface area contributed by atoms with Gasteiger partial charge in [-0.2, -0.15) is 0 Å². The molecule has 2 amide bonds. The highest BCUT2D eigenvalue weighted by atomic mass is 19.1. The number of halogens is 1. The maximum Gasteiger partial charge on any atom is 0.293 e. The Hall–Kier alpha value is -3.29. The summed E-state index contributed by atoms with van der Waals surface area (Å²) in [6.07, 6.45) is 1.60. The van der Waals surface area contributed by atoms with Crippen LogP contribution in [0.4, 0.5) is 4.39 Å². The maximum atomic E-state index is 13.8. The molecule has 2 saturated heterocycles. The molecule has 0 aliphatic carbocycles. The molecule has 2 aromatic heterocycles. The van der Waals surface area contributed by atoms with Crippen molar-refractivity contribution >= 4 is 22.8 Å². The van der Waals surface area contributed by atoms with Crippen molar-refractivity contribution in [2.24, 2.45) is 11.8 Å². The van der Waals surface area contributed by atoms with Crippen molar-refractivity contribution in [1.29, 1.82) is 0 Å². The number of rotatable bonds is 2. The number of fused-ring (bicyclic) bond motifs is 2. The number of likely N-dealkylation sites (tertiary alicyclic amines) is 2. The molecule has 2 fully saturated rings. The fourth-order valence-corrected chi connectivity index (χ4v) is 4.74. The van der Waals surface area contributed by atoms with Crippen molar-refractivity contribution in [2.45, 2.75) is 13.0 Å². The van der Waals surface area contributed by atoms with E-state index in [2.05, 4.69) is 10.1 Å². The third kappa shape index (κ3) is 2.86. The number of nitrogens with zero attached hydrogens (tertiary/aromatic N) is 4. The Morgan fingerprint density at radius 1 is 1.17 bits per heavy atom. The highest BCUT2D eigenvalue weighted by Gasteiger charge is 2.50. The molecule has 8 heteroatoms. The number of amides is 2. The summed E-state index contributed by atoms with van der Waals surface area (Å²) in [6.45, 7) is 3.06. The fourth-order valence-electron chi connectivity index (χ4n) is 4.74. The number of benzene rings is 1. The molecule has 0 saturated carbocycles. The molecule has 0 N–H and O–H groups in total. The number of carbonyl (C=O) groups excluding carboxylic acids is 2. The molecule has 7 nitrogen and oxygen atoms in total. The molecule has 0 radical (unpaired) electrons. The van der Waals surface area contributed by atoms with E-state index in [4.69, 9.17) is 4.52 Å². The van der Waals surface area contributed by atoms with E-state index >= 15 is 0 Å². The monoisotopic (exact) mass is 394 g/mol. The zero-order valence-corrected chi connectivity index (χ0v) is 15.8. The van der Waals surface area contributed by atoms with Crippen LogP contribution in [0.5, 0.6) is 0 Å². The molecule has 0 bridgehead atoms. The van der Waals surface area contributed by atoms with Gasteiger partial charge in [0.2, 0.25) is 17.3 Å². The van der Waals surface area contributed by atoms with Gasteiger partial charge in [0.1, 0.15) is 5.82 Å². The Balaban J connectivity index is 1.44. The van der Waals surface area contributed by atoms with Gasteiger partial charge in [0.15, 0.2) is 0 Å². The van der Waals surface area contributed by atoms with E-state index < -0.39 is 0 Å². The van der Waals surface area contributed by atoms with Crippen LogP contribution in [0.1, 0.15) is 29.1 Å². The summed E-state index contributed by atoms with van der Waals surface area (Å²) >= 11 is 0. The van der Waals surface area contributed by atoms with Crippen molar-refractivity contribution in [3.8, 4) is 0 Å². The van der Waals surface area contributed by atoms with Crippen LogP contribution in [0.25, 0.3) is 11.0 Å².